The minimum absolute atomic E-state index is 0.222. The molecule has 0 amide bonds. The highest BCUT2D eigenvalue weighted by molar-refractivity contribution is 9.10. The first kappa shape index (κ1) is 12.6. The predicted molar refractivity (Wildman–Crippen MR) is 68.6 cm³/mol. The maximum Gasteiger partial charge on any atom is 0.140 e. The molecule has 0 fully saturated rings. The quantitative estimate of drug-likeness (QED) is 0.906. The number of pyridine rings is 1. The Labute approximate surface area is 101 Å². The van der Waals surface area contributed by atoms with Crippen LogP contribution in [-0.4, -0.2) is 27.2 Å². The van der Waals surface area contributed by atoms with Gasteiger partial charge in [0.1, 0.15) is 5.82 Å². The van der Waals surface area contributed by atoms with E-state index in [2.05, 4.69) is 26.2 Å². The molecule has 0 saturated heterocycles. The van der Waals surface area contributed by atoms with Crippen LogP contribution < -0.4 is 5.32 Å². The van der Waals surface area contributed by atoms with Gasteiger partial charge in [0, 0.05) is 35.0 Å². The fourth-order valence-electron chi connectivity index (χ4n) is 1.08. The molecule has 2 atom stereocenters. The van der Waals surface area contributed by atoms with Gasteiger partial charge in [-0.15, -0.1) is 0 Å². The molecule has 1 N–H and O–H groups in total. The molecule has 0 saturated carbocycles. The van der Waals surface area contributed by atoms with Gasteiger partial charge in [0.05, 0.1) is 4.47 Å². The molecule has 0 aliphatic carbocycles. The third-order valence-electron chi connectivity index (χ3n) is 2.17. The van der Waals surface area contributed by atoms with Crippen molar-refractivity contribution in [2.75, 3.05) is 18.1 Å². The van der Waals surface area contributed by atoms with Gasteiger partial charge in [-0.25, -0.2) is 4.98 Å². The molecule has 0 aliphatic rings. The van der Waals surface area contributed by atoms with Crippen molar-refractivity contribution in [3.8, 4) is 0 Å². The number of rotatable bonds is 5. The van der Waals surface area contributed by atoms with Gasteiger partial charge in [-0.05, 0) is 34.5 Å². The van der Waals surface area contributed by atoms with Gasteiger partial charge in [0.2, 0.25) is 0 Å². The lowest BCUT2D eigenvalue weighted by Crippen LogP contribution is -2.15. The SMILES string of the molecule is CC(CCNc1ncccc1Br)S(C)=O. The molecule has 0 aromatic carbocycles. The van der Waals surface area contributed by atoms with Crippen molar-refractivity contribution in [3.63, 3.8) is 0 Å². The topological polar surface area (TPSA) is 42.0 Å². The van der Waals surface area contributed by atoms with Crippen LogP contribution in [0.15, 0.2) is 22.8 Å². The van der Waals surface area contributed by atoms with Gasteiger partial charge in [0.25, 0.3) is 0 Å². The monoisotopic (exact) mass is 290 g/mol. The van der Waals surface area contributed by atoms with Gasteiger partial charge >= 0.3 is 0 Å². The van der Waals surface area contributed by atoms with Crippen LogP contribution in [0.1, 0.15) is 13.3 Å². The van der Waals surface area contributed by atoms with Crippen molar-refractivity contribution in [1.82, 2.24) is 4.98 Å². The summed E-state index contributed by atoms with van der Waals surface area (Å²) in [4.78, 5) is 4.19. The van der Waals surface area contributed by atoms with Crippen LogP contribution in [-0.2, 0) is 10.8 Å². The molecule has 1 aromatic heterocycles. The molecule has 1 rings (SSSR count). The molecule has 0 spiro atoms. The van der Waals surface area contributed by atoms with E-state index in [1.54, 1.807) is 12.5 Å². The Hall–Kier alpha value is -0.420. The maximum atomic E-state index is 11.1. The molecule has 1 heterocycles. The molecule has 0 bridgehead atoms. The highest BCUT2D eigenvalue weighted by atomic mass is 79.9. The minimum atomic E-state index is -0.746. The number of hydrogen-bond donors (Lipinski definition) is 1. The van der Waals surface area contributed by atoms with Crippen molar-refractivity contribution in [2.24, 2.45) is 0 Å². The lowest BCUT2D eigenvalue weighted by molar-refractivity contribution is 0.672. The second-order valence-electron chi connectivity index (χ2n) is 3.36. The fraction of sp³-hybridized carbons (Fsp3) is 0.500. The van der Waals surface area contributed by atoms with E-state index in [9.17, 15) is 4.21 Å². The van der Waals surface area contributed by atoms with Crippen molar-refractivity contribution < 1.29 is 4.21 Å². The normalized spacial score (nSPS) is 14.6. The number of aromatic nitrogens is 1. The minimum Gasteiger partial charge on any atom is -0.369 e. The van der Waals surface area contributed by atoms with E-state index in [1.165, 1.54) is 0 Å². The van der Waals surface area contributed by atoms with E-state index in [0.29, 0.717) is 0 Å². The van der Waals surface area contributed by atoms with Crippen LogP contribution in [0, 0.1) is 0 Å². The second kappa shape index (κ2) is 6.23. The van der Waals surface area contributed by atoms with E-state index in [4.69, 9.17) is 0 Å². The zero-order valence-corrected chi connectivity index (χ0v) is 11.3. The van der Waals surface area contributed by atoms with Crippen molar-refractivity contribution >= 4 is 32.5 Å². The highest BCUT2D eigenvalue weighted by Gasteiger charge is 2.06. The molecule has 0 aliphatic heterocycles. The van der Waals surface area contributed by atoms with Crippen LogP contribution in [0.25, 0.3) is 0 Å². The summed E-state index contributed by atoms with van der Waals surface area (Å²) in [6, 6.07) is 3.82. The summed E-state index contributed by atoms with van der Waals surface area (Å²) in [6.07, 6.45) is 4.36. The van der Waals surface area contributed by atoms with Crippen LogP contribution >= 0.6 is 15.9 Å². The fourth-order valence-corrected chi connectivity index (χ4v) is 1.92. The Morgan fingerprint density at radius 3 is 3.00 bits per heavy atom. The number of anilines is 1. The van der Waals surface area contributed by atoms with Crippen molar-refractivity contribution in [1.29, 1.82) is 0 Å². The number of nitrogens with zero attached hydrogens (tertiary/aromatic N) is 1. The van der Waals surface area contributed by atoms with Gasteiger partial charge < -0.3 is 5.32 Å². The first-order valence-corrected chi connectivity index (χ1v) is 7.19. The van der Waals surface area contributed by atoms with Crippen LogP contribution in [0.5, 0.6) is 0 Å². The van der Waals surface area contributed by atoms with Gasteiger partial charge in [0.15, 0.2) is 0 Å². The first-order valence-electron chi connectivity index (χ1n) is 4.78. The van der Waals surface area contributed by atoms with E-state index in [1.807, 2.05) is 19.1 Å². The first-order chi connectivity index (χ1) is 7.11. The molecule has 5 heteroatoms. The number of halogens is 1. The Morgan fingerprint density at radius 1 is 1.67 bits per heavy atom. The Bertz CT molecular complexity index is 346. The second-order valence-corrected chi connectivity index (χ2v) is 6.01. The smallest absolute Gasteiger partial charge is 0.140 e. The third-order valence-corrected chi connectivity index (χ3v) is 4.18. The summed E-state index contributed by atoms with van der Waals surface area (Å²) in [5.41, 5.74) is 0. The van der Waals surface area contributed by atoms with E-state index < -0.39 is 10.8 Å². The van der Waals surface area contributed by atoms with E-state index in [0.717, 1.165) is 23.3 Å². The third kappa shape index (κ3) is 4.30. The van der Waals surface area contributed by atoms with E-state index >= 15 is 0 Å². The molecular formula is C10H15BrN2OS. The lowest BCUT2D eigenvalue weighted by Gasteiger charge is -2.10. The number of nitrogens with one attached hydrogen (secondary N) is 1. The summed E-state index contributed by atoms with van der Waals surface area (Å²) in [7, 11) is -0.746. The van der Waals surface area contributed by atoms with Crippen molar-refractivity contribution in [2.45, 2.75) is 18.6 Å². The molecule has 84 valence electrons. The Morgan fingerprint density at radius 2 is 2.40 bits per heavy atom. The Kier molecular flexibility index (Phi) is 5.25. The number of hydrogen-bond acceptors (Lipinski definition) is 3. The van der Waals surface area contributed by atoms with Crippen molar-refractivity contribution in [3.05, 3.63) is 22.8 Å². The van der Waals surface area contributed by atoms with Gasteiger partial charge in [-0.2, -0.15) is 0 Å². The summed E-state index contributed by atoms with van der Waals surface area (Å²) in [5.74, 6) is 0.839. The van der Waals surface area contributed by atoms with Gasteiger partial charge in [-0.3, -0.25) is 4.21 Å². The molecule has 0 radical (unpaired) electrons. The van der Waals surface area contributed by atoms with Gasteiger partial charge in [-0.1, -0.05) is 6.92 Å². The predicted octanol–water partition coefficient (Wildman–Crippen LogP) is 2.41. The standard InChI is InChI=1S/C10H15BrN2OS/c1-8(15(2)14)5-7-13-10-9(11)4-3-6-12-10/h3-4,6,8H,5,7H2,1-2H3,(H,12,13). The van der Waals surface area contributed by atoms with E-state index in [-0.39, 0.29) is 5.25 Å². The molecule has 15 heavy (non-hydrogen) atoms. The summed E-state index contributed by atoms with van der Waals surface area (Å²) in [5, 5.41) is 3.43. The average molecular weight is 291 g/mol. The summed E-state index contributed by atoms with van der Waals surface area (Å²) < 4.78 is 12.1. The molecule has 3 nitrogen and oxygen atoms in total. The average Bonchev–Trinajstić information content (AvgIpc) is 2.20. The zero-order valence-electron chi connectivity index (χ0n) is 8.87. The van der Waals surface area contributed by atoms with Crippen LogP contribution in [0.3, 0.4) is 0 Å². The molecule has 2 unspecified atom stereocenters. The highest BCUT2D eigenvalue weighted by Crippen LogP contribution is 2.18. The zero-order chi connectivity index (χ0) is 11.3. The van der Waals surface area contributed by atoms with Crippen LogP contribution in [0.4, 0.5) is 5.82 Å². The van der Waals surface area contributed by atoms with Crippen LogP contribution in [0.2, 0.25) is 0 Å². The maximum absolute atomic E-state index is 11.1. The Balaban J connectivity index is 2.38. The molecule has 1 aromatic rings. The largest absolute Gasteiger partial charge is 0.369 e. The molecular weight excluding hydrogens is 276 g/mol. The summed E-state index contributed by atoms with van der Waals surface area (Å²) in [6.45, 7) is 2.78. The lowest BCUT2D eigenvalue weighted by atomic mass is 10.3. The summed E-state index contributed by atoms with van der Waals surface area (Å²) >= 11 is 3.41.